The molecule has 0 unspecified atom stereocenters. The largest absolute Gasteiger partial charge is 0.317 e. The summed E-state index contributed by atoms with van der Waals surface area (Å²) in [5.74, 6) is 0. The molecule has 0 bridgehead atoms. The first-order valence-electron chi connectivity index (χ1n) is 8.26. The van der Waals surface area contributed by atoms with E-state index in [2.05, 4.69) is 45.5 Å². The summed E-state index contributed by atoms with van der Waals surface area (Å²) in [6.45, 7) is 5.91. The first-order chi connectivity index (χ1) is 10.8. The van der Waals surface area contributed by atoms with Crippen molar-refractivity contribution in [1.29, 1.82) is 0 Å². The van der Waals surface area contributed by atoms with Crippen molar-refractivity contribution in [2.24, 2.45) is 5.41 Å². The van der Waals surface area contributed by atoms with Gasteiger partial charge >= 0.3 is 0 Å². The van der Waals surface area contributed by atoms with E-state index in [1.54, 1.807) is 0 Å². The van der Waals surface area contributed by atoms with Crippen molar-refractivity contribution in [3.05, 3.63) is 41.5 Å². The normalized spacial score (nSPS) is 21.5. The minimum absolute atomic E-state index is 0.588. The number of rotatable bonds is 3. The van der Waals surface area contributed by atoms with Crippen LogP contribution in [0.25, 0.3) is 10.4 Å². The standard InChI is InChI=1S/C18H23N3S/c1-2-4-15(5-3-1)16-12-20-17(22-16)13-21-11-8-18(14-21)6-9-19-10-7-18/h1-5,12,19H,6-11,13-14H2. The molecular formula is C18H23N3S. The summed E-state index contributed by atoms with van der Waals surface area (Å²) < 4.78 is 0. The van der Waals surface area contributed by atoms with Crippen LogP contribution in [-0.4, -0.2) is 36.1 Å². The van der Waals surface area contributed by atoms with Crippen molar-refractivity contribution < 1.29 is 0 Å². The summed E-state index contributed by atoms with van der Waals surface area (Å²) in [6.07, 6.45) is 6.09. The van der Waals surface area contributed by atoms with E-state index in [9.17, 15) is 0 Å². The van der Waals surface area contributed by atoms with Crippen LogP contribution in [0.3, 0.4) is 0 Å². The SMILES string of the molecule is c1ccc(-c2cnc(CN3CCC4(CCNCC4)C3)s2)cc1. The molecule has 0 aliphatic carbocycles. The Balaban J connectivity index is 1.41. The van der Waals surface area contributed by atoms with E-state index in [0.717, 1.165) is 6.54 Å². The molecule has 1 spiro atoms. The number of nitrogens with one attached hydrogen (secondary N) is 1. The molecule has 1 N–H and O–H groups in total. The average molecular weight is 313 g/mol. The van der Waals surface area contributed by atoms with Crippen LogP contribution in [0.4, 0.5) is 0 Å². The van der Waals surface area contributed by atoms with Gasteiger partial charge in [0.1, 0.15) is 5.01 Å². The van der Waals surface area contributed by atoms with E-state index in [0.29, 0.717) is 5.41 Å². The van der Waals surface area contributed by atoms with E-state index < -0.39 is 0 Å². The highest BCUT2D eigenvalue weighted by Crippen LogP contribution is 2.39. The molecule has 0 radical (unpaired) electrons. The molecule has 2 aliphatic rings. The monoisotopic (exact) mass is 313 g/mol. The van der Waals surface area contributed by atoms with E-state index in [1.807, 2.05) is 17.5 Å². The van der Waals surface area contributed by atoms with Gasteiger partial charge in [-0.05, 0) is 49.9 Å². The molecule has 2 fully saturated rings. The Labute approximate surface area is 136 Å². The molecule has 4 heteroatoms. The number of likely N-dealkylation sites (tertiary alicyclic amines) is 1. The molecule has 0 saturated carbocycles. The lowest BCUT2D eigenvalue weighted by Gasteiger charge is -2.33. The smallest absolute Gasteiger partial charge is 0.107 e. The van der Waals surface area contributed by atoms with Crippen molar-refractivity contribution in [1.82, 2.24) is 15.2 Å². The second-order valence-electron chi connectivity index (χ2n) is 6.69. The second-order valence-corrected chi connectivity index (χ2v) is 7.81. The van der Waals surface area contributed by atoms with Crippen LogP contribution in [0.2, 0.25) is 0 Å². The maximum Gasteiger partial charge on any atom is 0.107 e. The molecular weight excluding hydrogens is 290 g/mol. The molecule has 3 nitrogen and oxygen atoms in total. The van der Waals surface area contributed by atoms with Crippen LogP contribution in [0.5, 0.6) is 0 Å². The van der Waals surface area contributed by atoms with Crippen LogP contribution >= 0.6 is 11.3 Å². The lowest BCUT2D eigenvalue weighted by molar-refractivity contribution is 0.194. The lowest BCUT2D eigenvalue weighted by Crippen LogP contribution is -2.38. The third kappa shape index (κ3) is 2.96. The fourth-order valence-electron chi connectivity index (χ4n) is 3.84. The zero-order valence-corrected chi connectivity index (χ0v) is 13.7. The van der Waals surface area contributed by atoms with Crippen molar-refractivity contribution in [2.45, 2.75) is 25.8 Å². The van der Waals surface area contributed by atoms with Crippen LogP contribution in [0.1, 0.15) is 24.3 Å². The van der Waals surface area contributed by atoms with Crippen molar-refractivity contribution in [3.63, 3.8) is 0 Å². The first-order valence-corrected chi connectivity index (χ1v) is 9.08. The second kappa shape index (κ2) is 6.11. The molecule has 1 aromatic heterocycles. The number of hydrogen-bond donors (Lipinski definition) is 1. The Kier molecular flexibility index (Phi) is 3.99. The van der Waals surface area contributed by atoms with Gasteiger partial charge in [0, 0.05) is 12.7 Å². The zero-order chi connectivity index (χ0) is 14.8. The molecule has 2 aliphatic heterocycles. The Hall–Kier alpha value is -1.23. The molecule has 2 saturated heterocycles. The Morgan fingerprint density at radius 1 is 1.14 bits per heavy atom. The summed E-state index contributed by atoms with van der Waals surface area (Å²) >= 11 is 1.84. The zero-order valence-electron chi connectivity index (χ0n) is 12.9. The molecule has 0 atom stereocenters. The predicted molar refractivity (Wildman–Crippen MR) is 92.0 cm³/mol. The molecule has 2 aromatic rings. The Morgan fingerprint density at radius 2 is 1.95 bits per heavy atom. The van der Waals surface area contributed by atoms with Crippen LogP contribution in [0, 0.1) is 5.41 Å². The summed E-state index contributed by atoms with van der Waals surface area (Å²) in [5, 5.41) is 4.75. The third-order valence-electron chi connectivity index (χ3n) is 5.15. The van der Waals surface area contributed by atoms with Gasteiger partial charge in [-0.15, -0.1) is 11.3 Å². The molecule has 0 amide bonds. The molecule has 1 aromatic carbocycles. The van der Waals surface area contributed by atoms with Gasteiger partial charge in [-0.3, -0.25) is 4.90 Å². The van der Waals surface area contributed by atoms with Gasteiger partial charge in [-0.1, -0.05) is 30.3 Å². The van der Waals surface area contributed by atoms with E-state index in [-0.39, 0.29) is 0 Å². The molecule has 116 valence electrons. The highest BCUT2D eigenvalue weighted by Gasteiger charge is 2.38. The fraction of sp³-hybridized carbons (Fsp3) is 0.500. The van der Waals surface area contributed by atoms with Crippen LogP contribution in [0.15, 0.2) is 36.5 Å². The average Bonchev–Trinajstić information content (AvgIpc) is 3.17. The predicted octanol–water partition coefficient (Wildman–Crippen LogP) is 3.39. The maximum atomic E-state index is 4.65. The van der Waals surface area contributed by atoms with Crippen molar-refractivity contribution >= 4 is 11.3 Å². The lowest BCUT2D eigenvalue weighted by atomic mass is 9.78. The summed E-state index contributed by atoms with van der Waals surface area (Å²) in [4.78, 5) is 8.55. The van der Waals surface area contributed by atoms with Crippen LogP contribution < -0.4 is 5.32 Å². The highest BCUT2D eigenvalue weighted by molar-refractivity contribution is 7.15. The Bertz CT molecular complexity index is 616. The number of thiazole rings is 1. The van der Waals surface area contributed by atoms with Crippen molar-refractivity contribution in [2.75, 3.05) is 26.2 Å². The number of piperidine rings is 1. The fourth-order valence-corrected chi connectivity index (χ4v) is 4.80. The van der Waals surface area contributed by atoms with Gasteiger partial charge in [-0.2, -0.15) is 0 Å². The van der Waals surface area contributed by atoms with Crippen LogP contribution in [-0.2, 0) is 6.54 Å². The van der Waals surface area contributed by atoms with Crippen molar-refractivity contribution in [3.8, 4) is 10.4 Å². The van der Waals surface area contributed by atoms with E-state index >= 15 is 0 Å². The van der Waals surface area contributed by atoms with Gasteiger partial charge < -0.3 is 5.32 Å². The number of nitrogens with zero attached hydrogens (tertiary/aromatic N) is 2. The maximum absolute atomic E-state index is 4.65. The van der Waals surface area contributed by atoms with Gasteiger partial charge in [0.05, 0.1) is 11.4 Å². The topological polar surface area (TPSA) is 28.2 Å². The third-order valence-corrected chi connectivity index (χ3v) is 6.18. The van der Waals surface area contributed by atoms with Gasteiger partial charge in [0.15, 0.2) is 0 Å². The molecule has 3 heterocycles. The van der Waals surface area contributed by atoms with E-state index in [4.69, 9.17) is 0 Å². The first kappa shape index (κ1) is 14.4. The minimum atomic E-state index is 0.588. The summed E-state index contributed by atoms with van der Waals surface area (Å²) in [7, 11) is 0. The quantitative estimate of drug-likeness (QED) is 0.941. The van der Waals surface area contributed by atoms with Gasteiger partial charge in [0.2, 0.25) is 0 Å². The van der Waals surface area contributed by atoms with Gasteiger partial charge in [0.25, 0.3) is 0 Å². The molecule has 22 heavy (non-hydrogen) atoms. The molecule has 4 rings (SSSR count). The van der Waals surface area contributed by atoms with E-state index in [1.165, 1.54) is 60.9 Å². The summed E-state index contributed by atoms with van der Waals surface area (Å²) in [5.41, 5.74) is 1.87. The Morgan fingerprint density at radius 3 is 2.77 bits per heavy atom. The number of hydrogen-bond acceptors (Lipinski definition) is 4. The highest BCUT2D eigenvalue weighted by atomic mass is 32.1. The van der Waals surface area contributed by atoms with Gasteiger partial charge in [-0.25, -0.2) is 4.98 Å². The summed E-state index contributed by atoms with van der Waals surface area (Å²) in [6, 6.07) is 10.6. The number of benzene rings is 1. The minimum Gasteiger partial charge on any atom is -0.317 e. The number of aromatic nitrogens is 1.